The van der Waals surface area contributed by atoms with Gasteiger partial charge in [0.2, 0.25) is 0 Å². The number of anilines is 3. The summed E-state index contributed by atoms with van der Waals surface area (Å²) < 4.78 is 2.65. The molecule has 0 aliphatic rings. The van der Waals surface area contributed by atoms with Gasteiger partial charge in [0.15, 0.2) is 0 Å². The first-order valence-electron chi connectivity index (χ1n) is 18.4. The van der Waals surface area contributed by atoms with Gasteiger partial charge in [0.1, 0.15) is 0 Å². The molecule has 10 aromatic rings. The smallest absolute Gasteiger partial charge is 0.0462 e. The summed E-state index contributed by atoms with van der Waals surface area (Å²) in [5, 5.41) is 5.17. The van der Waals surface area contributed by atoms with Crippen LogP contribution in [0.1, 0.15) is 0 Å². The molecule has 0 aliphatic carbocycles. The zero-order valence-corrected chi connectivity index (χ0v) is 30.4. The van der Waals surface area contributed by atoms with Crippen molar-refractivity contribution in [2.24, 2.45) is 0 Å². The topological polar surface area (TPSA) is 3.24 Å². The maximum Gasteiger partial charge on any atom is 0.0462 e. The van der Waals surface area contributed by atoms with Crippen LogP contribution in [0.15, 0.2) is 212 Å². The minimum absolute atomic E-state index is 1.11. The SMILES string of the molecule is c1ccc(-c2ccc(N(c3ccc(-c4cccc(-c5ccc6ccccc6c5)c4)cc3)c3ccc(-c4ccc5c(c4)sc4ccccc45)cc3)cc2)cc1. The number of nitrogens with zero attached hydrogens (tertiary/aromatic N) is 1. The molecule has 0 atom stereocenters. The first kappa shape index (κ1) is 32.0. The lowest BCUT2D eigenvalue weighted by atomic mass is 9.97. The van der Waals surface area contributed by atoms with Crippen molar-refractivity contribution >= 4 is 59.3 Å². The molecular weight excluding hydrogens is 671 g/mol. The van der Waals surface area contributed by atoms with E-state index in [1.165, 1.54) is 75.5 Å². The van der Waals surface area contributed by atoms with E-state index in [2.05, 4.69) is 217 Å². The molecule has 9 aromatic carbocycles. The summed E-state index contributed by atoms with van der Waals surface area (Å²) in [5.74, 6) is 0. The number of hydrogen-bond donors (Lipinski definition) is 0. The van der Waals surface area contributed by atoms with E-state index in [-0.39, 0.29) is 0 Å². The molecule has 0 amide bonds. The lowest BCUT2D eigenvalue weighted by molar-refractivity contribution is 1.28. The van der Waals surface area contributed by atoms with E-state index in [4.69, 9.17) is 0 Å². The van der Waals surface area contributed by atoms with Crippen molar-refractivity contribution in [1.29, 1.82) is 0 Å². The molecule has 0 unspecified atom stereocenters. The van der Waals surface area contributed by atoms with Crippen LogP contribution in [-0.2, 0) is 0 Å². The summed E-state index contributed by atoms with van der Waals surface area (Å²) in [6.45, 7) is 0. The second-order valence-electron chi connectivity index (χ2n) is 13.8. The summed E-state index contributed by atoms with van der Waals surface area (Å²) in [7, 11) is 0. The summed E-state index contributed by atoms with van der Waals surface area (Å²) in [6.07, 6.45) is 0. The van der Waals surface area contributed by atoms with Gasteiger partial charge in [-0.2, -0.15) is 0 Å². The normalized spacial score (nSPS) is 11.3. The molecule has 1 nitrogen and oxygen atoms in total. The third-order valence-corrected chi connectivity index (χ3v) is 11.6. The van der Waals surface area contributed by atoms with Gasteiger partial charge in [-0.3, -0.25) is 0 Å². The number of benzene rings is 9. The van der Waals surface area contributed by atoms with Crippen LogP contribution in [-0.4, -0.2) is 0 Å². The Labute approximate surface area is 319 Å². The third kappa shape index (κ3) is 6.03. The lowest BCUT2D eigenvalue weighted by Gasteiger charge is -2.26. The summed E-state index contributed by atoms with van der Waals surface area (Å²) >= 11 is 1.86. The van der Waals surface area contributed by atoms with Gasteiger partial charge in [0.25, 0.3) is 0 Å². The number of fused-ring (bicyclic) bond motifs is 4. The fraction of sp³-hybridized carbons (Fsp3) is 0. The van der Waals surface area contributed by atoms with E-state index in [0.717, 1.165) is 17.1 Å². The Balaban J connectivity index is 0.993. The van der Waals surface area contributed by atoms with Crippen molar-refractivity contribution in [2.45, 2.75) is 0 Å². The molecule has 0 bridgehead atoms. The largest absolute Gasteiger partial charge is 0.311 e. The Bertz CT molecular complexity index is 2900. The van der Waals surface area contributed by atoms with Crippen molar-refractivity contribution in [2.75, 3.05) is 4.90 Å². The van der Waals surface area contributed by atoms with Crippen molar-refractivity contribution in [3.8, 4) is 44.5 Å². The van der Waals surface area contributed by atoms with Crippen molar-refractivity contribution in [1.82, 2.24) is 0 Å². The fourth-order valence-corrected chi connectivity index (χ4v) is 8.78. The Morgan fingerprint density at radius 2 is 0.704 bits per heavy atom. The highest BCUT2D eigenvalue weighted by molar-refractivity contribution is 7.25. The molecule has 0 saturated heterocycles. The van der Waals surface area contributed by atoms with Gasteiger partial charge in [0.05, 0.1) is 0 Å². The van der Waals surface area contributed by atoms with Crippen LogP contribution in [0.4, 0.5) is 17.1 Å². The van der Waals surface area contributed by atoms with Crippen molar-refractivity contribution in [3.63, 3.8) is 0 Å². The van der Waals surface area contributed by atoms with Crippen LogP contribution < -0.4 is 4.90 Å². The third-order valence-electron chi connectivity index (χ3n) is 10.5. The average Bonchev–Trinajstić information content (AvgIpc) is 3.63. The minimum atomic E-state index is 1.11. The number of hydrogen-bond acceptors (Lipinski definition) is 2. The highest BCUT2D eigenvalue weighted by Crippen LogP contribution is 2.40. The molecule has 0 N–H and O–H groups in total. The summed E-state index contributed by atoms with van der Waals surface area (Å²) in [6, 6.07) is 77.1. The van der Waals surface area contributed by atoms with Gasteiger partial charge in [0, 0.05) is 37.2 Å². The summed E-state index contributed by atoms with van der Waals surface area (Å²) in [5.41, 5.74) is 13.0. The van der Waals surface area contributed by atoms with E-state index < -0.39 is 0 Å². The lowest BCUT2D eigenvalue weighted by Crippen LogP contribution is -2.09. The van der Waals surface area contributed by atoms with E-state index in [1.54, 1.807) is 0 Å². The Hall–Kier alpha value is -6.74. The molecule has 0 saturated carbocycles. The molecule has 0 fully saturated rings. The maximum absolute atomic E-state index is 2.35. The van der Waals surface area contributed by atoms with Crippen molar-refractivity contribution < 1.29 is 0 Å². The number of thiophene rings is 1. The molecule has 1 heterocycles. The predicted octanol–water partition coefficient (Wildman–Crippen LogP) is 15.3. The highest BCUT2D eigenvalue weighted by atomic mass is 32.1. The van der Waals surface area contributed by atoms with Gasteiger partial charge in [-0.25, -0.2) is 0 Å². The molecule has 2 heteroatoms. The quantitative estimate of drug-likeness (QED) is 0.160. The van der Waals surface area contributed by atoms with E-state index in [1.807, 2.05) is 11.3 Å². The van der Waals surface area contributed by atoms with E-state index in [9.17, 15) is 0 Å². The molecule has 10 rings (SSSR count). The Morgan fingerprint density at radius 3 is 1.39 bits per heavy atom. The second kappa shape index (κ2) is 13.7. The van der Waals surface area contributed by atoms with Crippen LogP contribution >= 0.6 is 11.3 Å². The standard InChI is InChI=1S/C52H35NS/c1-2-9-36(10-3-1)38-19-26-46(27-20-38)53(48-30-23-40(24-31-48)45-25-32-50-49-15-6-7-16-51(49)54-52(50)35-45)47-28-21-39(22-29-47)42-13-8-14-43(33-42)44-18-17-37-11-4-5-12-41(37)34-44/h1-35H. The molecule has 54 heavy (non-hydrogen) atoms. The highest BCUT2D eigenvalue weighted by Gasteiger charge is 2.15. The van der Waals surface area contributed by atoms with Gasteiger partial charge < -0.3 is 4.90 Å². The molecule has 0 radical (unpaired) electrons. The van der Waals surface area contributed by atoms with E-state index >= 15 is 0 Å². The average molecular weight is 706 g/mol. The first-order chi connectivity index (χ1) is 26.7. The van der Waals surface area contributed by atoms with Crippen LogP contribution in [0.25, 0.3) is 75.5 Å². The number of rotatable bonds is 7. The molecule has 1 aromatic heterocycles. The molecular formula is C52H35NS. The van der Waals surface area contributed by atoms with Crippen molar-refractivity contribution in [3.05, 3.63) is 212 Å². The van der Waals surface area contributed by atoms with Gasteiger partial charge in [-0.15, -0.1) is 11.3 Å². The Morgan fingerprint density at radius 1 is 0.259 bits per heavy atom. The summed E-state index contributed by atoms with van der Waals surface area (Å²) in [4.78, 5) is 2.35. The zero-order valence-electron chi connectivity index (χ0n) is 29.6. The zero-order chi connectivity index (χ0) is 35.8. The van der Waals surface area contributed by atoms with Crippen LogP contribution in [0.5, 0.6) is 0 Å². The first-order valence-corrected chi connectivity index (χ1v) is 19.2. The predicted molar refractivity (Wildman–Crippen MR) is 233 cm³/mol. The van der Waals surface area contributed by atoms with Crippen LogP contribution in [0.2, 0.25) is 0 Å². The fourth-order valence-electron chi connectivity index (χ4n) is 7.64. The van der Waals surface area contributed by atoms with Crippen LogP contribution in [0.3, 0.4) is 0 Å². The van der Waals surface area contributed by atoms with Gasteiger partial charge in [-0.1, -0.05) is 152 Å². The molecule has 0 aliphatic heterocycles. The molecule has 0 spiro atoms. The van der Waals surface area contributed by atoms with Gasteiger partial charge in [-0.05, 0) is 116 Å². The minimum Gasteiger partial charge on any atom is -0.311 e. The van der Waals surface area contributed by atoms with Gasteiger partial charge >= 0.3 is 0 Å². The maximum atomic E-state index is 2.35. The molecule has 254 valence electrons. The second-order valence-corrected chi connectivity index (χ2v) is 14.9. The van der Waals surface area contributed by atoms with Crippen LogP contribution in [0, 0.1) is 0 Å². The monoisotopic (exact) mass is 705 g/mol. The Kier molecular flexibility index (Phi) is 8.09. The van der Waals surface area contributed by atoms with E-state index in [0.29, 0.717) is 0 Å².